The molecule has 0 saturated carbocycles. The number of hydrogen-bond donors (Lipinski definition) is 0. The van der Waals surface area contributed by atoms with Crippen LogP contribution in [0.25, 0.3) is 39.0 Å². The highest BCUT2D eigenvalue weighted by atomic mass is 15.0. The number of fused-ring (bicyclic) bond motifs is 5. The van der Waals surface area contributed by atoms with E-state index in [9.17, 15) is 0 Å². The molecule has 0 fully saturated rings. The zero-order chi connectivity index (χ0) is 26.5. The molecule has 0 amide bonds. The van der Waals surface area contributed by atoms with Gasteiger partial charge in [0.15, 0.2) is 0 Å². The van der Waals surface area contributed by atoms with Crippen molar-refractivity contribution in [2.45, 2.75) is 5.41 Å². The molecule has 3 nitrogen and oxygen atoms in total. The molecule has 8 rings (SSSR count). The highest BCUT2D eigenvalue weighted by Gasteiger charge is 2.46. The van der Waals surface area contributed by atoms with Gasteiger partial charge in [0.1, 0.15) is 5.82 Å². The molecule has 0 saturated heterocycles. The molecule has 3 heteroatoms. The molecule has 0 unspecified atom stereocenters. The standard InChI is InChI=1S/C37H25N3/c1-3-9-28(10-4-1)37(29-11-5-2-6-12-29)32-14-8-7-13-30(32)36-31-21-24-40(34(31)17-16-33(36)37)35-18-15-27(25-39-35)26-19-22-38-23-20-26/h1-25H. The summed E-state index contributed by atoms with van der Waals surface area (Å²) >= 11 is 0. The van der Waals surface area contributed by atoms with Gasteiger partial charge in [0.2, 0.25) is 0 Å². The van der Waals surface area contributed by atoms with E-state index in [0.29, 0.717) is 0 Å². The number of rotatable bonds is 4. The van der Waals surface area contributed by atoms with E-state index >= 15 is 0 Å². The lowest BCUT2D eigenvalue weighted by Gasteiger charge is -2.33. The second-order valence-corrected chi connectivity index (χ2v) is 10.3. The number of hydrogen-bond acceptors (Lipinski definition) is 2. The minimum absolute atomic E-state index is 0.394. The molecule has 0 N–H and O–H groups in total. The van der Waals surface area contributed by atoms with Crippen molar-refractivity contribution in [1.82, 2.24) is 14.5 Å². The Balaban J connectivity index is 1.36. The molecule has 4 aromatic carbocycles. The molecule has 0 spiro atoms. The Labute approximate surface area is 233 Å². The fourth-order valence-electron chi connectivity index (χ4n) is 6.60. The van der Waals surface area contributed by atoms with Crippen molar-refractivity contribution in [3.05, 3.63) is 174 Å². The summed E-state index contributed by atoms with van der Waals surface area (Å²) in [7, 11) is 0. The first-order chi connectivity index (χ1) is 19.9. The Kier molecular flexibility index (Phi) is 5.04. The highest BCUT2D eigenvalue weighted by Crippen LogP contribution is 2.57. The van der Waals surface area contributed by atoms with E-state index in [1.165, 1.54) is 38.8 Å². The van der Waals surface area contributed by atoms with Gasteiger partial charge in [-0.1, -0.05) is 91.0 Å². The van der Waals surface area contributed by atoms with Crippen LogP contribution in [0.1, 0.15) is 22.3 Å². The van der Waals surface area contributed by atoms with E-state index in [4.69, 9.17) is 4.98 Å². The van der Waals surface area contributed by atoms with E-state index in [2.05, 4.69) is 131 Å². The highest BCUT2D eigenvalue weighted by molar-refractivity contribution is 6.03. The first-order valence-electron chi connectivity index (χ1n) is 13.6. The van der Waals surface area contributed by atoms with Crippen molar-refractivity contribution < 1.29 is 0 Å². The minimum Gasteiger partial charge on any atom is -0.301 e. The van der Waals surface area contributed by atoms with Crippen LogP contribution in [-0.2, 0) is 5.41 Å². The fraction of sp³-hybridized carbons (Fsp3) is 0.0270. The molecule has 3 heterocycles. The van der Waals surface area contributed by atoms with Gasteiger partial charge in [-0.3, -0.25) is 4.98 Å². The van der Waals surface area contributed by atoms with Gasteiger partial charge in [-0.25, -0.2) is 4.98 Å². The molecule has 0 bridgehead atoms. The lowest BCUT2D eigenvalue weighted by Crippen LogP contribution is -2.28. The van der Waals surface area contributed by atoms with Gasteiger partial charge >= 0.3 is 0 Å². The summed E-state index contributed by atoms with van der Waals surface area (Å²) in [5.74, 6) is 0.899. The van der Waals surface area contributed by atoms with Gasteiger partial charge in [-0.15, -0.1) is 0 Å². The minimum atomic E-state index is -0.394. The summed E-state index contributed by atoms with van der Waals surface area (Å²) < 4.78 is 2.19. The van der Waals surface area contributed by atoms with Gasteiger partial charge in [0, 0.05) is 35.7 Å². The van der Waals surface area contributed by atoms with Crippen LogP contribution >= 0.6 is 0 Å². The van der Waals surface area contributed by atoms with Crippen LogP contribution in [0.15, 0.2) is 152 Å². The maximum Gasteiger partial charge on any atom is 0.137 e. The predicted molar refractivity (Wildman–Crippen MR) is 162 cm³/mol. The molecule has 1 aliphatic carbocycles. The van der Waals surface area contributed by atoms with Crippen molar-refractivity contribution >= 4 is 10.9 Å². The predicted octanol–water partition coefficient (Wildman–Crippen LogP) is 8.45. The Morgan fingerprint density at radius 1 is 0.550 bits per heavy atom. The van der Waals surface area contributed by atoms with Crippen LogP contribution in [0.2, 0.25) is 0 Å². The van der Waals surface area contributed by atoms with Crippen LogP contribution in [0.4, 0.5) is 0 Å². The Hall–Kier alpha value is -5.28. The largest absolute Gasteiger partial charge is 0.301 e. The van der Waals surface area contributed by atoms with Gasteiger partial charge in [-0.05, 0) is 75.3 Å². The molecule has 7 aromatic rings. The third kappa shape index (κ3) is 3.18. The third-order valence-corrected chi connectivity index (χ3v) is 8.30. The average molecular weight is 512 g/mol. The summed E-state index contributed by atoms with van der Waals surface area (Å²) in [5.41, 5.74) is 10.7. The molecule has 0 aliphatic heterocycles. The lowest BCUT2D eigenvalue weighted by atomic mass is 9.67. The summed E-state index contributed by atoms with van der Waals surface area (Å²) in [4.78, 5) is 8.98. The summed E-state index contributed by atoms with van der Waals surface area (Å²) in [6.07, 6.45) is 7.71. The fourth-order valence-corrected chi connectivity index (χ4v) is 6.60. The molecular formula is C37H25N3. The van der Waals surface area contributed by atoms with E-state index in [1.54, 1.807) is 0 Å². The Morgan fingerprint density at radius 2 is 1.25 bits per heavy atom. The molecular weight excluding hydrogens is 486 g/mol. The van der Waals surface area contributed by atoms with Crippen LogP contribution in [-0.4, -0.2) is 14.5 Å². The monoisotopic (exact) mass is 511 g/mol. The number of aromatic nitrogens is 3. The maximum absolute atomic E-state index is 4.85. The van der Waals surface area contributed by atoms with E-state index < -0.39 is 5.41 Å². The van der Waals surface area contributed by atoms with Crippen LogP contribution < -0.4 is 0 Å². The summed E-state index contributed by atoms with van der Waals surface area (Å²) in [6.45, 7) is 0. The second-order valence-electron chi connectivity index (χ2n) is 10.3. The summed E-state index contributed by atoms with van der Waals surface area (Å²) in [6, 6.07) is 45.8. The molecule has 1 aliphatic rings. The van der Waals surface area contributed by atoms with Crippen molar-refractivity contribution in [1.29, 1.82) is 0 Å². The van der Waals surface area contributed by atoms with E-state index in [1.807, 2.05) is 30.7 Å². The van der Waals surface area contributed by atoms with Crippen LogP contribution in [0.5, 0.6) is 0 Å². The van der Waals surface area contributed by atoms with Crippen molar-refractivity contribution in [3.8, 4) is 28.1 Å². The van der Waals surface area contributed by atoms with Gasteiger partial charge in [-0.2, -0.15) is 0 Å². The Morgan fingerprint density at radius 3 is 1.95 bits per heavy atom. The van der Waals surface area contributed by atoms with Crippen LogP contribution in [0.3, 0.4) is 0 Å². The lowest BCUT2D eigenvalue weighted by molar-refractivity contribution is 0.769. The second kappa shape index (κ2) is 8.89. The van der Waals surface area contributed by atoms with Gasteiger partial charge in [0.05, 0.1) is 10.9 Å². The average Bonchev–Trinajstić information content (AvgIpc) is 3.60. The first kappa shape index (κ1) is 22.7. The molecule has 40 heavy (non-hydrogen) atoms. The molecule has 0 radical (unpaired) electrons. The number of benzene rings is 4. The van der Waals surface area contributed by atoms with E-state index in [-0.39, 0.29) is 0 Å². The van der Waals surface area contributed by atoms with Gasteiger partial charge in [0.25, 0.3) is 0 Å². The van der Waals surface area contributed by atoms with E-state index in [0.717, 1.165) is 22.5 Å². The number of nitrogens with zero attached hydrogens (tertiary/aromatic N) is 3. The van der Waals surface area contributed by atoms with Gasteiger partial charge < -0.3 is 4.57 Å². The molecule has 3 aromatic heterocycles. The zero-order valence-electron chi connectivity index (χ0n) is 21.8. The van der Waals surface area contributed by atoms with Crippen molar-refractivity contribution in [2.75, 3.05) is 0 Å². The molecule has 188 valence electrons. The SMILES string of the molecule is c1ccc(C2(c3ccccc3)c3ccccc3-c3c2ccc2c3ccn2-c2ccc(-c3ccncc3)cn2)cc1. The van der Waals surface area contributed by atoms with Crippen LogP contribution in [0, 0.1) is 0 Å². The first-order valence-corrected chi connectivity index (χ1v) is 13.6. The summed E-state index contributed by atoms with van der Waals surface area (Å²) in [5, 5.41) is 1.23. The quantitative estimate of drug-likeness (QED) is 0.237. The Bertz CT molecular complexity index is 1930. The third-order valence-electron chi connectivity index (χ3n) is 8.30. The maximum atomic E-state index is 4.85. The zero-order valence-corrected chi connectivity index (χ0v) is 21.8. The van der Waals surface area contributed by atoms with Crippen molar-refractivity contribution in [3.63, 3.8) is 0 Å². The normalized spacial score (nSPS) is 13.2. The number of pyridine rings is 2. The topological polar surface area (TPSA) is 30.7 Å². The molecule has 0 atom stereocenters. The smallest absolute Gasteiger partial charge is 0.137 e. The van der Waals surface area contributed by atoms with Crippen molar-refractivity contribution in [2.24, 2.45) is 0 Å².